The summed E-state index contributed by atoms with van der Waals surface area (Å²) in [6.45, 7) is 10.4. The van der Waals surface area contributed by atoms with Crippen LogP contribution in [0, 0.1) is 17.3 Å². The lowest BCUT2D eigenvalue weighted by Gasteiger charge is -2.44. The van der Waals surface area contributed by atoms with Crippen molar-refractivity contribution in [2.75, 3.05) is 26.3 Å². The molecule has 3 rings (SSSR count). The lowest BCUT2D eigenvalue weighted by Crippen LogP contribution is -2.56. The SMILES string of the molecule is CC1CCC2C(C)(C)C2(O)C1N1CCOCC1. The lowest BCUT2D eigenvalue weighted by atomic mass is 9.81. The first-order valence-electron chi connectivity index (χ1n) is 7.03. The van der Waals surface area contributed by atoms with Crippen molar-refractivity contribution in [3.8, 4) is 0 Å². The highest BCUT2D eigenvalue weighted by Gasteiger charge is 2.76. The first-order chi connectivity index (χ1) is 7.99. The van der Waals surface area contributed by atoms with Crippen LogP contribution in [0.15, 0.2) is 0 Å². The molecule has 3 fully saturated rings. The van der Waals surface area contributed by atoms with Crippen LogP contribution in [0.25, 0.3) is 0 Å². The van der Waals surface area contributed by atoms with Crippen LogP contribution >= 0.6 is 0 Å². The monoisotopic (exact) mass is 239 g/mol. The summed E-state index contributed by atoms with van der Waals surface area (Å²) in [6.07, 6.45) is 2.46. The third-order valence-electron chi connectivity index (χ3n) is 5.69. The molecule has 2 saturated carbocycles. The van der Waals surface area contributed by atoms with Gasteiger partial charge < -0.3 is 9.84 Å². The number of morpholine rings is 1. The predicted molar refractivity (Wildman–Crippen MR) is 66.8 cm³/mol. The maximum Gasteiger partial charge on any atom is 0.0893 e. The molecule has 1 aliphatic heterocycles. The van der Waals surface area contributed by atoms with Crippen molar-refractivity contribution in [1.82, 2.24) is 4.90 Å². The zero-order valence-corrected chi connectivity index (χ0v) is 11.3. The number of fused-ring (bicyclic) bond motifs is 1. The predicted octanol–water partition coefficient (Wildman–Crippen LogP) is 1.50. The summed E-state index contributed by atoms with van der Waals surface area (Å²) in [4.78, 5) is 2.48. The number of hydrogen-bond donors (Lipinski definition) is 1. The van der Waals surface area contributed by atoms with E-state index < -0.39 is 5.60 Å². The van der Waals surface area contributed by atoms with E-state index in [1.165, 1.54) is 12.8 Å². The molecule has 0 amide bonds. The second-order valence-electron chi connectivity index (χ2n) is 6.75. The zero-order valence-electron chi connectivity index (χ0n) is 11.3. The summed E-state index contributed by atoms with van der Waals surface area (Å²) in [5.74, 6) is 1.12. The Kier molecular flexibility index (Phi) is 2.59. The van der Waals surface area contributed by atoms with Gasteiger partial charge in [-0.2, -0.15) is 0 Å². The summed E-state index contributed by atoms with van der Waals surface area (Å²) in [5, 5.41) is 11.1. The second-order valence-corrected chi connectivity index (χ2v) is 6.75. The highest BCUT2D eigenvalue weighted by molar-refractivity contribution is 5.26. The van der Waals surface area contributed by atoms with Gasteiger partial charge in [0.25, 0.3) is 0 Å². The fraction of sp³-hybridized carbons (Fsp3) is 1.00. The van der Waals surface area contributed by atoms with E-state index in [2.05, 4.69) is 25.7 Å². The van der Waals surface area contributed by atoms with E-state index in [1.807, 2.05) is 0 Å². The number of rotatable bonds is 1. The van der Waals surface area contributed by atoms with Gasteiger partial charge in [0, 0.05) is 24.5 Å². The van der Waals surface area contributed by atoms with Crippen LogP contribution < -0.4 is 0 Å². The van der Waals surface area contributed by atoms with Crippen molar-refractivity contribution >= 4 is 0 Å². The summed E-state index contributed by atoms with van der Waals surface area (Å²) in [7, 11) is 0. The van der Waals surface area contributed by atoms with Crippen LogP contribution in [-0.2, 0) is 4.74 Å². The van der Waals surface area contributed by atoms with E-state index in [4.69, 9.17) is 4.74 Å². The van der Waals surface area contributed by atoms with Gasteiger partial charge in [-0.3, -0.25) is 4.90 Å². The molecule has 2 aliphatic carbocycles. The van der Waals surface area contributed by atoms with Gasteiger partial charge in [0.15, 0.2) is 0 Å². The minimum atomic E-state index is -0.442. The minimum absolute atomic E-state index is 0.112. The maximum absolute atomic E-state index is 11.1. The fourth-order valence-electron chi connectivity index (χ4n) is 4.56. The van der Waals surface area contributed by atoms with Crippen molar-refractivity contribution in [3.63, 3.8) is 0 Å². The summed E-state index contributed by atoms with van der Waals surface area (Å²) >= 11 is 0. The quantitative estimate of drug-likeness (QED) is 0.753. The molecule has 4 atom stereocenters. The molecular weight excluding hydrogens is 214 g/mol. The molecule has 3 heteroatoms. The molecule has 17 heavy (non-hydrogen) atoms. The summed E-state index contributed by atoms with van der Waals surface area (Å²) in [6, 6.07) is 0.347. The molecule has 3 nitrogen and oxygen atoms in total. The van der Waals surface area contributed by atoms with E-state index in [-0.39, 0.29) is 5.41 Å². The largest absolute Gasteiger partial charge is 0.387 e. The molecule has 0 spiro atoms. The van der Waals surface area contributed by atoms with E-state index in [0.29, 0.717) is 17.9 Å². The van der Waals surface area contributed by atoms with Crippen LogP contribution in [0.4, 0.5) is 0 Å². The van der Waals surface area contributed by atoms with Gasteiger partial charge in [-0.1, -0.05) is 20.8 Å². The Hall–Kier alpha value is -0.120. The van der Waals surface area contributed by atoms with Crippen molar-refractivity contribution in [3.05, 3.63) is 0 Å². The highest BCUT2D eigenvalue weighted by atomic mass is 16.5. The summed E-state index contributed by atoms with van der Waals surface area (Å²) in [5.41, 5.74) is -0.331. The maximum atomic E-state index is 11.1. The molecule has 98 valence electrons. The van der Waals surface area contributed by atoms with Crippen molar-refractivity contribution < 1.29 is 9.84 Å². The van der Waals surface area contributed by atoms with Crippen molar-refractivity contribution in [1.29, 1.82) is 0 Å². The molecule has 1 N–H and O–H groups in total. The van der Waals surface area contributed by atoms with Gasteiger partial charge in [0.05, 0.1) is 18.8 Å². The van der Waals surface area contributed by atoms with E-state index >= 15 is 0 Å². The minimum Gasteiger partial charge on any atom is -0.387 e. The number of ether oxygens (including phenoxy) is 1. The van der Waals surface area contributed by atoms with Crippen LogP contribution in [-0.4, -0.2) is 48.0 Å². The number of nitrogens with zero attached hydrogens (tertiary/aromatic N) is 1. The molecule has 4 unspecified atom stereocenters. The average molecular weight is 239 g/mol. The normalized spacial score (nSPS) is 49.8. The topological polar surface area (TPSA) is 32.7 Å². The van der Waals surface area contributed by atoms with Crippen LogP contribution in [0.3, 0.4) is 0 Å². The molecule has 0 radical (unpaired) electrons. The van der Waals surface area contributed by atoms with Crippen LogP contribution in [0.5, 0.6) is 0 Å². The molecule has 3 aliphatic rings. The van der Waals surface area contributed by atoms with Gasteiger partial charge in [-0.05, 0) is 24.7 Å². The standard InChI is InChI=1S/C14H25NO2/c1-10-4-5-11-13(2,3)14(11,16)12(10)15-6-8-17-9-7-15/h10-12,16H,4-9H2,1-3H3. The Morgan fingerprint density at radius 1 is 1.18 bits per heavy atom. The van der Waals surface area contributed by atoms with Gasteiger partial charge in [0.1, 0.15) is 0 Å². The Labute approximate surface area is 104 Å². The first kappa shape index (κ1) is 11.9. The van der Waals surface area contributed by atoms with Crippen LogP contribution in [0.1, 0.15) is 33.6 Å². The summed E-state index contributed by atoms with van der Waals surface area (Å²) < 4.78 is 5.44. The Bertz CT molecular complexity index is 311. The lowest BCUT2D eigenvalue weighted by molar-refractivity contribution is -0.0760. The Morgan fingerprint density at radius 3 is 2.47 bits per heavy atom. The molecular formula is C14H25NO2. The van der Waals surface area contributed by atoms with Crippen molar-refractivity contribution in [2.45, 2.75) is 45.3 Å². The zero-order chi connectivity index (χ0) is 12.3. The van der Waals surface area contributed by atoms with Crippen molar-refractivity contribution in [2.24, 2.45) is 17.3 Å². The molecule has 0 aromatic rings. The molecule has 0 aromatic heterocycles. The number of aliphatic hydroxyl groups is 1. The number of hydrogen-bond acceptors (Lipinski definition) is 3. The molecule has 0 aromatic carbocycles. The van der Waals surface area contributed by atoms with Gasteiger partial charge in [-0.15, -0.1) is 0 Å². The average Bonchev–Trinajstić information content (AvgIpc) is 2.73. The Balaban J connectivity index is 1.85. The fourth-order valence-corrected chi connectivity index (χ4v) is 4.56. The van der Waals surface area contributed by atoms with Gasteiger partial charge >= 0.3 is 0 Å². The molecule has 0 bridgehead atoms. The van der Waals surface area contributed by atoms with Gasteiger partial charge in [0.2, 0.25) is 0 Å². The second kappa shape index (κ2) is 3.69. The third-order valence-corrected chi connectivity index (χ3v) is 5.69. The van der Waals surface area contributed by atoms with E-state index in [9.17, 15) is 5.11 Å². The molecule has 1 saturated heterocycles. The Morgan fingerprint density at radius 2 is 1.82 bits per heavy atom. The smallest absolute Gasteiger partial charge is 0.0893 e. The van der Waals surface area contributed by atoms with E-state index in [0.717, 1.165) is 26.3 Å². The third kappa shape index (κ3) is 1.45. The highest BCUT2D eigenvalue weighted by Crippen LogP contribution is 2.69. The molecule has 1 heterocycles. The van der Waals surface area contributed by atoms with E-state index in [1.54, 1.807) is 0 Å². The first-order valence-corrected chi connectivity index (χ1v) is 7.03. The van der Waals surface area contributed by atoms with Crippen LogP contribution in [0.2, 0.25) is 0 Å². The van der Waals surface area contributed by atoms with Gasteiger partial charge in [-0.25, -0.2) is 0 Å².